The highest BCUT2D eigenvalue weighted by Crippen LogP contribution is 2.39. The zero-order valence-electron chi connectivity index (χ0n) is 10.1. The summed E-state index contributed by atoms with van der Waals surface area (Å²) in [4.78, 5) is 11.1. The lowest BCUT2D eigenvalue weighted by Gasteiger charge is -2.27. The second kappa shape index (κ2) is 4.69. The van der Waals surface area contributed by atoms with Gasteiger partial charge in [0.15, 0.2) is 5.79 Å². The van der Waals surface area contributed by atoms with E-state index in [-0.39, 0.29) is 5.92 Å². The molecular weight excluding hydrogens is 212 g/mol. The second-order valence-electron chi connectivity index (χ2n) is 4.67. The van der Waals surface area contributed by atoms with Crippen molar-refractivity contribution in [2.24, 2.45) is 11.8 Å². The summed E-state index contributed by atoms with van der Waals surface area (Å²) in [5, 5.41) is 18.6. The third-order valence-electron chi connectivity index (χ3n) is 3.40. The van der Waals surface area contributed by atoms with E-state index in [1.807, 2.05) is 0 Å². The van der Waals surface area contributed by atoms with Crippen molar-refractivity contribution < 1.29 is 24.5 Å². The molecule has 0 spiro atoms. The molecule has 16 heavy (non-hydrogen) atoms. The molecule has 0 aromatic carbocycles. The van der Waals surface area contributed by atoms with E-state index in [9.17, 15) is 9.90 Å². The molecule has 0 aliphatic carbocycles. The molecule has 1 heterocycles. The SMILES string of the molecule is COC1(C)C[C@@H](C(=O)O)[C@@H]([C@@H](C)[C@H](C)O)O1. The summed E-state index contributed by atoms with van der Waals surface area (Å²) < 4.78 is 10.8. The largest absolute Gasteiger partial charge is 0.481 e. The summed E-state index contributed by atoms with van der Waals surface area (Å²) in [7, 11) is 1.49. The Balaban J connectivity index is 2.85. The van der Waals surface area contributed by atoms with Crippen LogP contribution in [0.4, 0.5) is 0 Å². The molecule has 2 N–H and O–H groups in total. The predicted molar refractivity (Wildman–Crippen MR) is 56.9 cm³/mol. The van der Waals surface area contributed by atoms with Crippen LogP contribution in [0.15, 0.2) is 0 Å². The Morgan fingerprint density at radius 2 is 2.12 bits per heavy atom. The highest BCUT2D eigenvalue weighted by Gasteiger charge is 2.49. The van der Waals surface area contributed by atoms with E-state index >= 15 is 0 Å². The number of aliphatic carboxylic acids is 1. The summed E-state index contributed by atoms with van der Waals surface area (Å²) in [6, 6.07) is 0. The van der Waals surface area contributed by atoms with Gasteiger partial charge in [0.05, 0.1) is 18.1 Å². The monoisotopic (exact) mass is 232 g/mol. The molecule has 0 bridgehead atoms. The summed E-state index contributed by atoms with van der Waals surface area (Å²) in [5.41, 5.74) is 0. The Hall–Kier alpha value is -0.650. The fraction of sp³-hybridized carbons (Fsp3) is 0.909. The lowest BCUT2D eigenvalue weighted by atomic mass is 9.88. The van der Waals surface area contributed by atoms with Crippen molar-refractivity contribution in [1.29, 1.82) is 0 Å². The number of ether oxygens (including phenoxy) is 2. The number of methoxy groups -OCH3 is 1. The predicted octanol–water partition coefficient (Wildman–Crippen LogP) is 0.856. The molecule has 0 amide bonds. The van der Waals surface area contributed by atoms with Gasteiger partial charge in [-0.05, 0) is 13.8 Å². The summed E-state index contributed by atoms with van der Waals surface area (Å²) in [6.07, 6.45) is -0.811. The first-order valence-corrected chi connectivity index (χ1v) is 5.44. The molecule has 0 aromatic rings. The minimum Gasteiger partial charge on any atom is -0.481 e. The lowest BCUT2D eigenvalue weighted by Crippen LogP contribution is -2.36. The van der Waals surface area contributed by atoms with Crippen LogP contribution in [0.2, 0.25) is 0 Å². The molecule has 5 heteroatoms. The summed E-state index contributed by atoms with van der Waals surface area (Å²) >= 11 is 0. The molecule has 0 aromatic heterocycles. The number of carboxylic acids is 1. The minimum absolute atomic E-state index is 0.238. The zero-order chi connectivity index (χ0) is 12.5. The van der Waals surface area contributed by atoms with Crippen LogP contribution in [-0.4, -0.2) is 41.3 Å². The van der Waals surface area contributed by atoms with Crippen LogP contribution in [0.1, 0.15) is 27.2 Å². The van der Waals surface area contributed by atoms with Crippen molar-refractivity contribution >= 4 is 5.97 Å². The van der Waals surface area contributed by atoms with Gasteiger partial charge in [0.1, 0.15) is 0 Å². The molecule has 0 saturated carbocycles. The normalized spacial score (nSPS) is 38.3. The molecule has 94 valence electrons. The maximum Gasteiger partial charge on any atom is 0.309 e. The Bertz CT molecular complexity index is 265. The highest BCUT2D eigenvalue weighted by molar-refractivity contribution is 5.71. The third kappa shape index (κ3) is 2.53. The fourth-order valence-electron chi connectivity index (χ4n) is 2.04. The molecule has 1 unspecified atom stereocenters. The molecule has 1 rings (SSSR count). The minimum atomic E-state index is -0.904. The van der Waals surface area contributed by atoms with Gasteiger partial charge in [-0.15, -0.1) is 0 Å². The first kappa shape index (κ1) is 13.4. The van der Waals surface area contributed by atoms with Gasteiger partial charge in [0, 0.05) is 19.4 Å². The fourth-order valence-corrected chi connectivity index (χ4v) is 2.04. The molecule has 5 atom stereocenters. The van der Waals surface area contributed by atoms with Crippen LogP contribution < -0.4 is 0 Å². The van der Waals surface area contributed by atoms with Gasteiger partial charge in [-0.1, -0.05) is 6.92 Å². The van der Waals surface area contributed by atoms with E-state index in [2.05, 4.69) is 0 Å². The number of hydrogen-bond donors (Lipinski definition) is 2. The van der Waals surface area contributed by atoms with Crippen molar-refractivity contribution in [3.8, 4) is 0 Å². The maximum absolute atomic E-state index is 11.1. The Labute approximate surface area is 95.4 Å². The van der Waals surface area contributed by atoms with Crippen LogP contribution in [0, 0.1) is 11.8 Å². The molecule has 1 aliphatic rings. The number of rotatable bonds is 4. The van der Waals surface area contributed by atoms with Gasteiger partial charge in [-0.3, -0.25) is 4.79 Å². The quantitative estimate of drug-likeness (QED) is 0.751. The smallest absolute Gasteiger partial charge is 0.309 e. The average molecular weight is 232 g/mol. The number of hydrogen-bond acceptors (Lipinski definition) is 4. The van der Waals surface area contributed by atoms with E-state index in [1.165, 1.54) is 7.11 Å². The topological polar surface area (TPSA) is 76.0 Å². The zero-order valence-corrected chi connectivity index (χ0v) is 10.1. The van der Waals surface area contributed by atoms with Crippen molar-refractivity contribution in [1.82, 2.24) is 0 Å². The molecule has 1 fully saturated rings. The van der Waals surface area contributed by atoms with Crippen molar-refractivity contribution in [2.45, 2.75) is 45.2 Å². The maximum atomic E-state index is 11.1. The number of carboxylic acid groups (broad SMARTS) is 1. The third-order valence-corrected chi connectivity index (χ3v) is 3.40. The Morgan fingerprint density at radius 3 is 2.50 bits per heavy atom. The molecule has 5 nitrogen and oxygen atoms in total. The van der Waals surface area contributed by atoms with Crippen LogP contribution in [-0.2, 0) is 14.3 Å². The van der Waals surface area contributed by atoms with Gasteiger partial charge >= 0.3 is 5.97 Å². The first-order valence-electron chi connectivity index (χ1n) is 5.44. The Kier molecular flexibility index (Phi) is 3.93. The van der Waals surface area contributed by atoms with E-state index in [0.29, 0.717) is 6.42 Å². The van der Waals surface area contributed by atoms with Gasteiger partial charge in [-0.25, -0.2) is 0 Å². The van der Waals surface area contributed by atoms with Crippen LogP contribution in [0.3, 0.4) is 0 Å². The second-order valence-corrected chi connectivity index (χ2v) is 4.67. The molecule has 1 saturated heterocycles. The Morgan fingerprint density at radius 1 is 1.56 bits per heavy atom. The van der Waals surface area contributed by atoms with E-state index in [1.54, 1.807) is 20.8 Å². The van der Waals surface area contributed by atoms with Gasteiger partial charge in [0.25, 0.3) is 0 Å². The number of aliphatic hydroxyl groups excluding tert-OH is 1. The lowest BCUT2D eigenvalue weighted by molar-refractivity contribution is -0.210. The van der Waals surface area contributed by atoms with E-state index < -0.39 is 29.9 Å². The number of carbonyl (C=O) groups is 1. The molecule has 1 aliphatic heterocycles. The van der Waals surface area contributed by atoms with Crippen molar-refractivity contribution in [3.05, 3.63) is 0 Å². The molecular formula is C11H20O5. The van der Waals surface area contributed by atoms with Gasteiger partial charge < -0.3 is 19.7 Å². The summed E-state index contributed by atoms with van der Waals surface area (Å²) in [6.45, 7) is 5.14. The highest BCUT2D eigenvalue weighted by atomic mass is 16.7. The average Bonchev–Trinajstić information content (AvgIpc) is 2.56. The van der Waals surface area contributed by atoms with Gasteiger partial charge in [-0.2, -0.15) is 0 Å². The van der Waals surface area contributed by atoms with Crippen LogP contribution in [0.25, 0.3) is 0 Å². The first-order chi connectivity index (χ1) is 7.30. The van der Waals surface area contributed by atoms with Crippen LogP contribution >= 0.6 is 0 Å². The van der Waals surface area contributed by atoms with E-state index in [0.717, 1.165) is 0 Å². The van der Waals surface area contributed by atoms with E-state index in [4.69, 9.17) is 14.6 Å². The summed E-state index contributed by atoms with van der Waals surface area (Å²) in [5.74, 6) is -2.64. The van der Waals surface area contributed by atoms with Crippen LogP contribution in [0.5, 0.6) is 0 Å². The van der Waals surface area contributed by atoms with Crippen molar-refractivity contribution in [2.75, 3.05) is 7.11 Å². The van der Waals surface area contributed by atoms with Crippen molar-refractivity contribution in [3.63, 3.8) is 0 Å². The number of aliphatic hydroxyl groups is 1. The van der Waals surface area contributed by atoms with Gasteiger partial charge in [0.2, 0.25) is 0 Å². The molecule has 0 radical (unpaired) electrons. The standard InChI is InChI=1S/C11H20O5/c1-6(7(2)12)9-8(10(13)14)5-11(3,15-4)16-9/h6-9,12H,5H2,1-4H3,(H,13,14)/t6-,7-,8+,9+,11?/m0/s1.